The maximum Gasteiger partial charge on any atom is 0.231 e. The summed E-state index contributed by atoms with van der Waals surface area (Å²) >= 11 is 2.32. The molecule has 1 atom stereocenters. The fourth-order valence-corrected chi connectivity index (χ4v) is 5.94. The van der Waals surface area contributed by atoms with Crippen LogP contribution in [0.1, 0.15) is 0 Å². The van der Waals surface area contributed by atoms with Crippen molar-refractivity contribution in [3.8, 4) is 17.0 Å². The van der Waals surface area contributed by atoms with E-state index >= 15 is 0 Å². The number of fused-ring (bicyclic) bond motifs is 1. The summed E-state index contributed by atoms with van der Waals surface area (Å²) < 4.78 is 14.9. The number of anilines is 5. The number of benzene rings is 2. The Kier molecular flexibility index (Phi) is 7.49. The van der Waals surface area contributed by atoms with Crippen LogP contribution in [0.25, 0.3) is 22.3 Å². The van der Waals surface area contributed by atoms with Gasteiger partial charge in [-0.3, -0.25) is 4.68 Å². The van der Waals surface area contributed by atoms with Crippen LogP contribution in [0.5, 0.6) is 5.75 Å². The molecule has 0 saturated carbocycles. The van der Waals surface area contributed by atoms with Crippen molar-refractivity contribution >= 4 is 68.3 Å². The van der Waals surface area contributed by atoms with Crippen molar-refractivity contribution in [2.24, 2.45) is 7.05 Å². The molecule has 1 fully saturated rings. The van der Waals surface area contributed by atoms with E-state index in [1.54, 1.807) is 11.8 Å². The highest BCUT2D eigenvalue weighted by Gasteiger charge is 2.22. The van der Waals surface area contributed by atoms with Gasteiger partial charge in [-0.25, -0.2) is 4.45 Å². The van der Waals surface area contributed by atoms with Crippen LogP contribution < -0.4 is 20.3 Å². The number of morpholine rings is 1. The van der Waals surface area contributed by atoms with Crippen LogP contribution in [0.4, 0.5) is 28.8 Å². The molecule has 0 aliphatic carbocycles. The lowest BCUT2D eigenvalue weighted by atomic mass is 10.2. The number of rotatable bonds is 8. The number of aryl methyl sites for hydroxylation is 1. The normalized spacial score (nSPS) is 13.9. The first-order valence-corrected chi connectivity index (χ1v) is 16.5. The molecule has 0 amide bonds. The Morgan fingerprint density at radius 2 is 1.87 bits per heavy atom. The van der Waals surface area contributed by atoms with Gasteiger partial charge in [0.15, 0.2) is 5.65 Å². The predicted octanol–water partition coefficient (Wildman–Crippen LogP) is 5.35. The van der Waals surface area contributed by atoms with E-state index in [1.807, 2.05) is 66.4 Å². The Bertz CT molecular complexity index is 1600. The maximum absolute atomic E-state index is 5.75. The number of hydrogen-bond acceptors (Lipinski definition) is 9. The minimum atomic E-state index is 0.345. The summed E-state index contributed by atoms with van der Waals surface area (Å²) in [5.41, 5.74) is 5.18. The lowest BCUT2D eigenvalue weighted by Gasteiger charge is -2.29. The van der Waals surface area contributed by atoms with E-state index in [0.717, 1.165) is 65.7 Å². The van der Waals surface area contributed by atoms with Gasteiger partial charge in [-0.2, -0.15) is 20.2 Å². The molecule has 1 aliphatic rings. The van der Waals surface area contributed by atoms with Gasteiger partial charge < -0.3 is 25.0 Å². The number of hydrogen-bond donors (Lipinski definition) is 2. The van der Waals surface area contributed by atoms with Crippen molar-refractivity contribution in [2.75, 3.05) is 48.9 Å². The summed E-state index contributed by atoms with van der Waals surface area (Å²) in [6.45, 7) is 3.15. The third kappa shape index (κ3) is 5.36. The Balaban J connectivity index is 1.44. The van der Waals surface area contributed by atoms with Gasteiger partial charge in [0.1, 0.15) is 17.3 Å². The monoisotopic (exact) mass is 655 g/mol. The fraction of sp³-hybridized carbons (Fsp3) is 0.231. The number of ether oxygens (including phenoxy) is 2. The fourth-order valence-electron chi connectivity index (χ4n) is 4.55. The topological polar surface area (TPSA) is 107 Å². The molecule has 0 spiro atoms. The standard InChI is InChI=1S/C26H27IN9O2P/c1-34-16-17(15-28-34)23-22-24(29-18-6-4-3-5-7-18)31-26(32-25(22)36(33-23)39-27)30-20-9-8-19(14-21(20)37-2)35-10-12-38-13-11-35/h3-9,14-16,39H,10-13H2,1-2H3,(H2,29,30,31,32). The molecule has 1 unspecified atom stereocenters. The molecule has 1 saturated heterocycles. The van der Waals surface area contributed by atoms with E-state index in [4.69, 9.17) is 24.5 Å². The molecule has 4 heterocycles. The SMILES string of the molecule is COc1cc(N2CCOCC2)ccc1Nc1nc(Nc2ccccc2)c2c(-c3cnn(C)c3)nn(PI)c2n1. The minimum Gasteiger partial charge on any atom is -0.494 e. The number of halogens is 1. The zero-order chi connectivity index (χ0) is 26.8. The smallest absolute Gasteiger partial charge is 0.231 e. The van der Waals surface area contributed by atoms with Crippen LogP contribution >= 0.6 is 28.4 Å². The van der Waals surface area contributed by atoms with E-state index in [0.29, 0.717) is 23.9 Å². The summed E-state index contributed by atoms with van der Waals surface area (Å²) in [6.07, 6.45) is 4.10. The second-order valence-corrected chi connectivity index (χ2v) is 11.0. The summed E-state index contributed by atoms with van der Waals surface area (Å²) in [5, 5.41) is 17.0. The van der Waals surface area contributed by atoms with Crippen LogP contribution in [0, 0.1) is 0 Å². The Hall–Kier alpha value is -3.48. The van der Waals surface area contributed by atoms with Crippen LogP contribution in [0.15, 0.2) is 60.9 Å². The largest absolute Gasteiger partial charge is 0.494 e. The van der Waals surface area contributed by atoms with Crippen LogP contribution in [0.2, 0.25) is 0 Å². The van der Waals surface area contributed by atoms with E-state index in [1.165, 1.54) is 0 Å². The molecule has 1 aliphatic heterocycles. The van der Waals surface area contributed by atoms with Gasteiger partial charge >= 0.3 is 0 Å². The zero-order valence-electron chi connectivity index (χ0n) is 21.4. The van der Waals surface area contributed by atoms with Gasteiger partial charge in [-0.1, -0.05) is 18.2 Å². The molecule has 11 nitrogen and oxygen atoms in total. The molecular weight excluding hydrogens is 628 g/mol. The van der Waals surface area contributed by atoms with Crippen molar-refractivity contribution in [1.82, 2.24) is 29.3 Å². The number of aromatic nitrogens is 6. The van der Waals surface area contributed by atoms with Crippen molar-refractivity contribution in [1.29, 1.82) is 0 Å². The predicted molar refractivity (Wildman–Crippen MR) is 164 cm³/mol. The average Bonchev–Trinajstić information content (AvgIpc) is 3.57. The Morgan fingerprint density at radius 1 is 1.05 bits per heavy atom. The number of nitrogens with one attached hydrogen (secondary N) is 2. The number of nitrogens with zero attached hydrogens (tertiary/aromatic N) is 7. The second-order valence-electron chi connectivity index (χ2n) is 8.94. The van der Waals surface area contributed by atoms with Crippen LogP contribution in [-0.2, 0) is 11.8 Å². The van der Waals surface area contributed by atoms with E-state index in [2.05, 4.69) is 48.7 Å². The molecule has 5 aromatic rings. The number of methoxy groups -OCH3 is 1. The lowest BCUT2D eigenvalue weighted by Crippen LogP contribution is -2.36. The van der Waals surface area contributed by atoms with Gasteiger partial charge in [-0.15, -0.1) is 0 Å². The number of para-hydroxylation sites is 1. The molecular formula is C26H27IN9O2P. The molecule has 13 heteroatoms. The highest BCUT2D eigenvalue weighted by atomic mass is 127. The Morgan fingerprint density at radius 3 is 2.59 bits per heavy atom. The van der Waals surface area contributed by atoms with Crippen LogP contribution in [0.3, 0.4) is 0 Å². The van der Waals surface area contributed by atoms with Crippen molar-refractivity contribution < 1.29 is 9.47 Å². The van der Waals surface area contributed by atoms with Crippen molar-refractivity contribution in [3.05, 3.63) is 60.9 Å². The van der Waals surface area contributed by atoms with E-state index < -0.39 is 0 Å². The Labute approximate surface area is 240 Å². The molecule has 2 N–H and O–H groups in total. The summed E-state index contributed by atoms with van der Waals surface area (Å²) in [7, 11) is 3.56. The van der Waals surface area contributed by atoms with Crippen molar-refractivity contribution in [2.45, 2.75) is 0 Å². The highest BCUT2D eigenvalue weighted by molar-refractivity contribution is 14.2. The quantitative estimate of drug-likeness (QED) is 0.169. The summed E-state index contributed by atoms with van der Waals surface area (Å²) in [5.74, 6) is 1.80. The highest BCUT2D eigenvalue weighted by Crippen LogP contribution is 2.39. The minimum absolute atomic E-state index is 0.345. The molecule has 0 radical (unpaired) electrons. The van der Waals surface area contributed by atoms with Crippen LogP contribution in [-0.4, -0.2) is 62.7 Å². The second kappa shape index (κ2) is 11.3. The third-order valence-corrected chi connectivity index (χ3v) is 8.27. The first kappa shape index (κ1) is 25.8. The van der Waals surface area contributed by atoms with Crippen molar-refractivity contribution in [3.63, 3.8) is 0 Å². The van der Waals surface area contributed by atoms with Gasteiger partial charge in [0, 0.05) is 49.3 Å². The molecule has 200 valence electrons. The maximum atomic E-state index is 5.75. The van der Waals surface area contributed by atoms with Gasteiger partial charge in [0.2, 0.25) is 5.95 Å². The van der Waals surface area contributed by atoms with Gasteiger partial charge in [0.25, 0.3) is 0 Å². The molecule has 0 bridgehead atoms. The summed E-state index contributed by atoms with van der Waals surface area (Å²) in [4.78, 5) is 12.1. The van der Waals surface area contributed by atoms with E-state index in [9.17, 15) is 0 Å². The summed E-state index contributed by atoms with van der Waals surface area (Å²) in [6, 6.07) is 16.1. The van der Waals surface area contributed by atoms with Gasteiger partial charge in [0.05, 0.1) is 44.0 Å². The first-order valence-electron chi connectivity index (χ1n) is 12.4. The average molecular weight is 655 g/mol. The molecule has 2 aromatic carbocycles. The third-order valence-electron chi connectivity index (χ3n) is 6.43. The molecule has 6 rings (SSSR count). The van der Waals surface area contributed by atoms with E-state index in [-0.39, 0.29) is 0 Å². The van der Waals surface area contributed by atoms with Gasteiger partial charge in [-0.05, 0) is 46.3 Å². The first-order chi connectivity index (χ1) is 19.1. The zero-order valence-corrected chi connectivity index (χ0v) is 24.6. The molecule has 39 heavy (non-hydrogen) atoms. The lowest BCUT2D eigenvalue weighted by molar-refractivity contribution is 0.122. The molecule has 3 aromatic heterocycles.